The largest absolute Gasteiger partial charge is 0.325 e. The quantitative estimate of drug-likeness (QED) is 0.853. The van der Waals surface area contributed by atoms with Gasteiger partial charge in [-0.3, -0.25) is 4.79 Å². The van der Waals surface area contributed by atoms with E-state index in [9.17, 15) is 4.79 Å². The molecule has 0 aromatic heterocycles. The van der Waals surface area contributed by atoms with E-state index in [1.54, 1.807) is 0 Å². The van der Waals surface area contributed by atoms with Crippen LogP contribution in [0.4, 0.5) is 5.69 Å². The number of anilines is 1. The van der Waals surface area contributed by atoms with Gasteiger partial charge in [-0.15, -0.1) is 0 Å². The second-order valence-corrected chi connectivity index (χ2v) is 4.62. The van der Waals surface area contributed by atoms with Gasteiger partial charge in [-0.1, -0.05) is 17.7 Å². The lowest BCUT2D eigenvalue weighted by molar-refractivity contribution is -0.113. The molecule has 1 aromatic rings. The monoisotopic (exact) mass is 223 g/mol. The summed E-state index contributed by atoms with van der Waals surface area (Å²) in [5, 5.41) is 2.95. The lowest BCUT2D eigenvalue weighted by Crippen LogP contribution is -2.15. The van der Waals surface area contributed by atoms with Crippen LogP contribution in [0, 0.1) is 20.8 Å². The van der Waals surface area contributed by atoms with Gasteiger partial charge in [-0.25, -0.2) is 0 Å². The van der Waals surface area contributed by atoms with Crippen molar-refractivity contribution in [3.05, 3.63) is 28.8 Å². The molecule has 1 aromatic carbocycles. The Labute approximate surface area is 95.5 Å². The van der Waals surface area contributed by atoms with Gasteiger partial charge in [0.2, 0.25) is 5.91 Å². The molecule has 82 valence electrons. The summed E-state index contributed by atoms with van der Waals surface area (Å²) in [6.45, 7) is 6.11. The predicted molar refractivity (Wildman–Crippen MR) is 67.7 cm³/mol. The molecular weight excluding hydrogens is 206 g/mol. The number of amides is 1. The van der Waals surface area contributed by atoms with Gasteiger partial charge < -0.3 is 5.32 Å². The highest BCUT2D eigenvalue weighted by Gasteiger charge is 2.07. The summed E-state index contributed by atoms with van der Waals surface area (Å²) in [5.41, 5.74) is 4.44. The third-order valence-electron chi connectivity index (χ3n) is 2.22. The lowest BCUT2D eigenvalue weighted by Gasteiger charge is -2.12. The van der Waals surface area contributed by atoms with Crippen molar-refractivity contribution in [2.75, 3.05) is 17.3 Å². The normalized spacial score (nSPS) is 10.1. The van der Waals surface area contributed by atoms with Crippen LogP contribution in [0.3, 0.4) is 0 Å². The first-order valence-corrected chi connectivity index (χ1v) is 6.30. The number of benzene rings is 1. The van der Waals surface area contributed by atoms with E-state index in [2.05, 4.69) is 24.4 Å². The van der Waals surface area contributed by atoms with Crippen LogP contribution in [0.2, 0.25) is 0 Å². The average molecular weight is 223 g/mol. The maximum absolute atomic E-state index is 11.5. The molecule has 2 nitrogen and oxygen atoms in total. The zero-order valence-corrected chi connectivity index (χ0v) is 10.5. The van der Waals surface area contributed by atoms with Crippen molar-refractivity contribution < 1.29 is 4.79 Å². The molecule has 1 rings (SSSR count). The number of hydrogen-bond acceptors (Lipinski definition) is 2. The van der Waals surface area contributed by atoms with Crippen molar-refractivity contribution in [2.24, 2.45) is 0 Å². The molecule has 0 radical (unpaired) electrons. The van der Waals surface area contributed by atoms with Crippen molar-refractivity contribution in [1.82, 2.24) is 0 Å². The Hall–Kier alpha value is -0.960. The van der Waals surface area contributed by atoms with Gasteiger partial charge in [0.25, 0.3) is 0 Å². The van der Waals surface area contributed by atoms with Gasteiger partial charge in [0, 0.05) is 5.69 Å². The molecule has 0 bridgehead atoms. The van der Waals surface area contributed by atoms with E-state index in [1.165, 1.54) is 17.3 Å². The number of aryl methyl sites for hydroxylation is 3. The zero-order valence-electron chi connectivity index (χ0n) is 9.68. The lowest BCUT2D eigenvalue weighted by atomic mass is 10.1. The highest BCUT2D eigenvalue weighted by molar-refractivity contribution is 7.99. The first-order chi connectivity index (χ1) is 7.04. The number of carbonyl (C=O) groups is 1. The van der Waals surface area contributed by atoms with Crippen LogP contribution in [0.1, 0.15) is 16.7 Å². The second kappa shape index (κ2) is 5.21. The highest BCUT2D eigenvalue weighted by atomic mass is 32.2. The first-order valence-electron chi connectivity index (χ1n) is 4.91. The fourth-order valence-electron chi connectivity index (χ4n) is 1.68. The molecule has 15 heavy (non-hydrogen) atoms. The summed E-state index contributed by atoms with van der Waals surface area (Å²) in [4.78, 5) is 11.5. The second-order valence-electron chi connectivity index (χ2n) is 3.75. The first kappa shape index (κ1) is 12.1. The molecule has 1 N–H and O–H groups in total. The van der Waals surface area contributed by atoms with E-state index in [4.69, 9.17) is 0 Å². The Morgan fingerprint density at radius 2 is 1.80 bits per heavy atom. The highest BCUT2D eigenvalue weighted by Crippen LogP contribution is 2.21. The summed E-state index contributed by atoms with van der Waals surface area (Å²) in [6, 6.07) is 4.17. The Kier molecular flexibility index (Phi) is 4.21. The van der Waals surface area contributed by atoms with Crippen LogP contribution >= 0.6 is 11.8 Å². The van der Waals surface area contributed by atoms with Crippen LogP contribution in [0.25, 0.3) is 0 Å². The van der Waals surface area contributed by atoms with Crippen LogP contribution < -0.4 is 5.32 Å². The molecule has 0 atom stereocenters. The van der Waals surface area contributed by atoms with E-state index >= 15 is 0 Å². The van der Waals surface area contributed by atoms with Gasteiger partial charge in [-0.05, 0) is 38.2 Å². The molecular formula is C12H17NOS. The predicted octanol–water partition coefficient (Wildman–Crippen LogP) is 2.91. The third-order valence-corrected chi connectivity index (χ3v) is 2.77. The van der Waals surface area contributed by atoms with Gasteiger partial charge in [0.05, 0.1) is 5.75 Å². The van der Waals surface area contributed by atoms with Crippen molar-refractivity contribution in [3.63, 3.8) is 0 Å². The van der Waals surface area contributed by atoms with Gasteiger partial charge in [-0.2, -0.15) is 11.8 Å². The van der Waals surface area contributed by atoms with E-state index in [0.29, 0.717) is 5.75 Å². The molecule has 0 unspecified atom stereocenters. The number of nitrogens with one attached hydrogen (secondary N) is 1. The summed E-state index contributed by atoms with van der Waals surface area (Å²) in [6.07, 6.45) is 1.93. The fourth-order valence-corrected chi connectivity index (χ4v) is 2.02. The maximum Gasteiger partial charge on any atom is 0.234 e. The number of carbonyl (C=O) groups excluding carboxylic acids is 1. The molecule has 0 aliphatic heterocycles. The van der Waals surface area contributed by atoms with Crippen molar-refractivity contribution in [1.29, 1.82) is 0 Å². The minimum Gasteiger partial charge on any atom is -0.325 e. The molecule has 0 aliphatic rings. The number of rotatable bonds is 3. The van der Waals surface area contributed by atoms with Crippen LogP contribution in [0.15, 0.2) is 12.1 Å². The standard InChI is InChI=1S/C12H17NOS/c1-8-5-9(2)12(10(3)6-8)13-11(14)7-15-4/h5-6H,7H2,1-4H3,(H,13,14). The Balaban J connectivity index is 2.90. The number of hydrogen-bond donors (Lipinski definition) is 1. The van der Waals surface area contributed by atoms with Crippen molar-refractivity contribution in [2.45, 2.75) is 20.8 Å². The van der Waals surface area contributed by atoms with Gasteiger partial charge in [0.1, 0.15) is 0 Å². The molecule has 0 fully saturated rings. The molecule has 0 aliphatic carbocycles. The Morgan fingerprint density at radius 1 is 1.27 bits per heavy atom. The SMILES string of the molecule is CSCC(=O)Nc1c(C)cc(C)cc1C. The number of thioether (sulfide) groups is 1. The topological polar surface area (TPSA) is 29.1 Å². The minimum atomic E-state index is 0.0672. The van der Waals surface area contributed by atoms with Crippen LogP contribution in [-0.2, 0) is 4.79 Å². The minimum absolute atomic E-state index is 0.0672. The summed E-state index contributed by atoms with van der Waals surface area (Å²) in [7, 11) is 0. The van der Waals surface area contributed by atoms with E-state index in [-0.39, 0.29) is 5.91 Å². The molecule has 0 saturated carbocycles. The van der Waals surface area contributed by atoms with Gasteiger partial charge in [0.15, 0.2) is 0 Å². The average Bonchev–Trinajstić information content (AvgIpc) is 2.11. The smallest absolute Gasteiger partial charge is 0.234 e. The van der Waals surface area contributed by atoms with Crippen molar-refractivity contribution >= 4 is 23.4 Å². The molecule has 0 spiro atoms. The van der Waals surface area contributed by atoms with Crippen LogP contribution in [-0.4, -0.2) is 17.9 Å². The summed E-state index contributed by atoms with van der Waals surface area (Å²) >= 11 is 1.53. The van der Waals surface area contributed by atoms with E-state index in [0.717, 1.165) is 16.8 Å². The van der Waals surface area contributed by atoms with E-state index in [1.807, 2.05) is 20.1 Å². The molecule has 3 heteroatoms. The molecule has 0 heterocycles. The van der Waals surface area contributed by atoms with Gasteiger partial charge >= 0.3 is 0 Å². The molecule has 1 amide bonds. The summed E-state index contributed by atoms with van der Waals surface area (Å²) in [5.74, 6) is 0.574. The summed E-state index contributed by atoms with van der Waals surface area (Å²) < 4.78 is 0. The fraction of sp³-hybridized carbons (Fsp3) is 0.417. The molecule has 0 saturated heterocycles. The maximum atomic E-state index is 11.5. The Morgan fingerprint density at radius 3 is 2.27 bits per heavy atom. The van der Waals surface area contributed by atoms with Crippen LogP contribution in [0.5, 0.6) is 0 Å². The third kappa shape index (κ3) is 3.27. The van der Waals surface area contributed by atoms with E-state index < -0.39 is 0 Å². The zero-order chi connectivity index (χ0) is 11.4. The Bertz CT molecular complexity index is 351. The van der Waals surface area contributed by atoms with Crippen molar-refractivity contribution in [3.8, 4) is 0 Å².